The first-order chi connectivity index (χ1) is 7.65. The summed E-state index contributed by atoms with van der Waals surface area (Å²) in [5, 5.41) is 9.81. The van der Waals surface area contributed by atoms with Gasteiger partial charge in [-0.3, -0.25) is 0 Å². The van der Waals surface area contributed by atoms with Crippen LogP contribution in [0.4, 0.5) is 0 Å². The highest BCUT2D eigenvalue weighted by atomic mass is 16.3. The van der Waals surface area contributed by atoms with E-state index in [1.165, 1.54) is 37.7 Å². The van der Waals surface area contributed by atoms with Crippen molar-refractivity contribution in [3.05, 3.63) is 29.3 Å². The summed E-state index contributed by atoms with van der Waals surface area (Å²) in [5.74, 6) is 0.922. The fourth-order valence-electron chi connectivity index (χ4n) is 2.10. The van der Waals surface area contributed by atoms with E-state index in [4.69, 9.17) is 0 Å². The van der Waals surface area contributed by atoms with E-state index in [1.54, 1.807) is 0 Å². The number of rotatable bonds is 6. The minimum atomic E-state index is 0.452. The van der Waals surface area contributed by atoms with Crippen molar-refractivity contribution in [1.29, 1.82) is 0 Å². The first-order valence-corrected chi connectivity index (χ1v) is 6.44. The molecule has 0 bridgehead atoms. The maximum Gasteiger partial charge on any atom is 0.119 e. The van der Waals surface area contributed by atoms with Gasteiger partial charge in [0.2, 0.25) is 0 Å². The van der Waals surface area contributed by atoms with Crippen LogP contribution in [0.2, 0.25) is 0 Å². The minimum Gasteiger partial charge on any atom is -0.508 e. The molecular weight excluding hydrogens is 196 g/mol. The molecule has 0 saturated heterocycles. The molecule has 0 amide bonds. The third-order valence-electron chi connectivity index (χ3n) is 3.20. The molecule has 0 saturated carbocycles. The van der Waals surface area contributed by atoms with Crippen molar-refractivity contribution in [2.75, 3.05) is 0 Å². The first kappa shape index (κ1) is 13.1. The van der Waals surface area contributed by atoms with Crippen molar-refractivity contribution in [2.45, 2.75) is 58.8 Å². The summed E-state index contributed by atoms with van der Waals surface area (Å²) in [4.78, 5) is 0. The third-order valence-corrected chi connectivity index (χ3v) is 3.20. The smallest absolute Gasteiger partial charge is 0.119 e. The molecule has 1 N–H and O–H groups in total. The summed E-state index contributed by atoms with van der Waals surface area (Å²) in [6.07, 6.45) is 6.36. The molecule has 0 aromatic heterocycles. The molecule has 0 radical (unpaired) electrons. The van der Waals surface area contributed by atoms with Crippen molar-refractivity contribution in [3.63, 3.8) is 0 Å². The van der Waals surface area contributed by atoms with Crippen LogP contribution in [0.5, 0.6) is 5.75 Å². The summed E-state index contributed by atoms with van der Waals surface area (Å²) in [5.41, 5.74) is 2.34. The second kappa shape index (κ2) is 6.57. The van der Waals surface area contributed by atoms with E-state index in [0.717, 1.165) is 5.56 Å². The lowest BCUT2D eigenvalue weighted by Gasteiger charge is -2.14. The topological polar surface area (TPSA) is 20.2 Å². The second-order valence-corrected chi connectivity index (χ2v) is 4.81. The summed E-state index contributed by atoms with van der Waals surface area (Å²) in [6, 6.07) is 5.88. The molecule has 0 heterocycles. The van der Waals surface area contributed by atoms with Crippen LogP contribution in [0, 0.1) is 6.92 Å². The van der Waals surface area contributed by atoms with E-state index >= 15 is 0 Å². The molecule has 1 nitrogen and oxygen atoms in total. The zero-order chi connectivity index (χ0) is 12.0. The summed E-state index contributed by atoms with van der Waals surface area (Å²) in [6.45, 7) is 6.52. The monoisotopic (exact) mass is 220 g/mol. The van der Waals surface area contributed by atoms with Crippen LogP contribution in [-0.4, -0.2) is 5.11 Å². The average Bonchev–Trinajstić information content (AvgIpc) is 2.27. The normalized spacial score (nSPS) is 12.7. The van der Waals surface area contributed by atoms with E-state index in [9.17, 15) is 5.11 Å². The minimum absolute atomic E-state index is 0.452. The summed E-state index contributed by atoms with van der Waals surface area (Å²) < 4.78 is 0. The SMILES string of the molecule is CCCCCCC(C)c1cc(C)ccc1O. The van der Waals surface area contributed by atoms with Crippen LogP contribution in [0.3, 0.4) is 0 Å². The van der Waals surface area contributed by atoms with Crippen LogP contribution < -0.4 is 0 Å². The van der Waals surface area contributed by atoms with Crippen LogP contribution in [-0.2, 0) is 0 Å². The van der Waals surface area contributed by atoms with Crippen LogP contribution in [0.15, 0.2) is 18.2 Å². The van der Waals surface area contributed by atoms with Crippen LogP contribution >= 0.6 is 0 Å². The molecule has 1 atom stereocenters. The van der Waals surface area contributed by atoms with Gasteiger partial charge in [-0.15, -0.1) is 0 Å². The van der Waals surface area contributed by atoms with Crippen molar-refractivity contribution in [3.8, 4) is 5.75 Å². The van der Waals surface area contributed by atoms with Crippen LogP contribution in [0.25, 0.3) is 0 Å². The second-order valence-electron chi connectivity index (χ2n) is 4.81. The molecule has 0 aliphatic carbocycles. The number of hydrogen-bond donors (Lipinski definition) is 1. The molecule has 0 fully saturated rings. The number of phenols is 1. The molecule has 90 valence electrons. The Morgan fingerprint density at radius 3 is 2.62 bits per heavy atom. The highest BCUT2D eigenvalue weighted by Crippen LogP contribution is 2.30. The summed E-state index contributed by atoms with van der Waals surface area (Å²) >= 11 is 0. The zero-order valence-electron chi connectivity index (χ0n) is 10.8. The predicted octanol–water partition coefficient (Wildman–Crippen LogP) is 4.77. The Bertz CT molecular complexity index is 317. The maximum absolute atomic E-state index is 9.81. The van der Waals surface area contributed by atoms with Gasteiger partial charge in [0.1, 0.15) is 5.75 Å². The molecule has 0 spiro atoms. The van der Waals surface area contributed by atoms with Crippen molar-refractivity contribution < 1.29 is 5.11 Å². The lowest BCUT2D eigenvalue weighted by Crippen LogP contribution is -1.95. The van der Waals surface area contributed by atoms with Crippen molar-refractivity contribution in [1.82, 2.24) is 0 Å². The van der Waals surface area contributed by atoms with E-state index < -0.39 is 0 Å². The van der Waals surface area contributed by atoms with Gasteiger partial charge in [-0.1, -0.05) is 57.2 Å². The Morgan fingerprint density at radius 2 is 1.94 bits per heavy atom. The molecule has 1 aromatic carbocycles. The number of hydrogen-bond acceptors (Lipinski definition) is 1. The number of aromatic hydroxyl groups is 1. The van der Waals surface area contributed by atoms with Crippen LogP contribution in [0.1, 0.15) is 63.0 Å². The molecule has 1 unspecified atom stereocenters. The maximum atomic E-state index is 9.81. The Balaban J connectivity index is 2.51. The Kier molecular flexibility index (Phi) is 5.37. The third kappa shape index (κ3) is 3.88. The highest BCUT2D eigenvalue weighted by Gasteiger charge is 2.09. The number of phenolic OH excluding ortho intramolecular Hbond substituents is 1. The van der Waals surface area contributed by atoms with E-state index in [1.807, 2.05) is 12.1 Å². The van der Waals surface area contributed by atoms with Crippen molar-refractivity contribution >= 4 is 0 Å². The predicted molar refractivity (Wildman–Crippen MR) is 70.0 cm³/mol. The molecule has 1 rings (SSSR count). The van der Waals surface area contributed by atoms with E-state index in [2.05, 4.69) is 26.8 Å². The molecule has 1 aromatic rings. The average molecular weight is 220 g/mol. The Hall–Kier alpha value is -0.980. The number of unbranched alkanes of at least 4 members (excludes halogenated alkanes) is 3. The fourth-order valence-corrected chi connectivity index (χ4v) is 2.10. The van der Waals surface area contributed by atoms with Gasteiger partial charge < -0.3 is 5.11 Å². The van der Waals surface area contributed by atoms with Gasteiger partial charge in [-0.25, -0.2) is 0 Å². The van der Waals surface area contributed by atoms with Gasteiger partial charge in [0.15, 0.2) is 0 Å². The van der Waals surface area contributed by atoms with E-state index in [0.29, 0.717) is 11.7 Å². The van der Waals surface area contributed by atoms with Gasteiger partial charge in [0.05, 0.1) is 0 Å². The Morgan fingerprint density at radius 1 is 1.19 bits per heavy atom. The van der Waals surface area contributed by atoms with Gasteiger partial charge >= 0.3 is 0 Å². The standard InChI is InChI=1S/C15H24O/c1-4-5-6-7-8-13(3)14-11-12(2)9-10-15(14)16/h9-11,13,16H,4-8H2,1-3H3. The zero-order valence-corrected chi connectivity index (χ0v) is 10.8. The largest absolute Gasteiger partial charge is 0.508 e. The first-order valence-electron chi connectivity index (χ1n) is 6.44. The van der Waals surface area contributed by atoms with Gasteiger partial charge in [-0.2, -0.15) is 0 Å². The summed E-state index contributed by atoms with van der Waals surface area (Å²) in [7, 11) is 0. The Labute approximate surface area is 99.5 Å². The molecular formula is C15H24O. The quantitative estimate of drug-likeness (QED) is 0.684. The fraction of sp³-hybridized carbons (Fsp3) is 0.600. The van der Waals surface area contributed by atoms with E-state index in [-0.39, 0.29) is 0 Å². The van der Waals surface area contributed by atoms with Gasteiger partial charge in [0.25, 0.3) is 0 Å². The van der Waals surface area contributed by atoms with Crippen molar-refractivity contribution in [2.24, 2.45) is 0 Å². The molecule has 16 heavy (non-hydrogen) atoms. The highest BCUT2D eigenvalue weighted by molar-refractivity contribution is 5.37. The molecule has 0 aliphatic rings. The number of aryl methyl sites for hydroxylation is 1. The van der Waals surface area contributed by atoms with Gasteiger partial charge in [-0.05, 0) is 30.9 Å². The lowest BCUT2D eigenvalue weighted by atomic mass is 9.93. The lowest BCUT2D eigenvalue weighted by molar-refractivity contribution is 0.457. The molecule has 0 aliphatic heterocycles. The van der Waals surface area contributed by atoms with Gasteiger partial charge in [0, 0.05) is 0 Å². The molecule has 1 heteroatoms. The number of benzene rings is 1.